The Hall–Kier alpha value is -2.10. The van der Waals surface area contributed by atoms with Gasteiger partial charge in [0.05, 0.1) is 0 Å². The van der Waals surface area contributed by atoms with Gasteiger partial charge in [-0.25, -0.2) is 0 Å². The van der Waals surface area contributed by atoms with Crippen LogP contribution in [-0.2, 0) is 25.7 Å². The third kappa shape index (κ3) is 4.79. The summed E-state index contributed by atoms with van der Waals surface area (Å²) >= 11 is 9.64. The van der Waals surface area contributed by atoms with Crippen LogP contribution < -0.4 is 15.3 Å². The van der Waals surface area contributed by atoms with Crippen LogP contribution in [0.2, 0.25) is 0 Å². The molecule has 0 saturated heterocycles. The summed E-state index contributed by atoms with van der Waals surface area (Å²) in [6.45, 7) is 16.2. The fourth-order valence-corrected chi connectivity index (χ4v) is 7.29. The van der Waals surface area contributed by atoms with E-state index in [1.165, 1.54) is 112 Å². The largest absolute Gasteiger partial charge is 0.371 e. The van der Waals surface area contributed by atoms with E-state index in [1.54, 1.807) is 5.56 Å². The maximum Gasteiger partial charge on any atom is 0.0434 e. The number of hydrogen-bond donors (Lipinski definition) is 2. The van der Waals surface area contributed by atoms with Crippen LogP contribution in [0.4, 0.5) is 5.69 Å². The van der Waals surface area contributed by atoms with Crippen molar-refractivity contribution >= 4 is 43.1 Å². The number of nitrogens with zero attached hydrogens (tertiary/aromatic N) is 1. The molecule has 0 N–H and O–H groups in total. The lowest BCUT2D eigenvalue weighted by Gasteiger charge is -2.38. The molecule has 3 heteroatoms. The lowest BCUT2D eigenvalue weighted by molar-refractivity contribution is 0.632. The first kappa shape index (κ1) is 26.5. The molecule has 0 spiro atoms. The topological polar surface area (TPSA) is 3.24 Å². The fraction of sp³-hybridized carbons (Fsp3) is 0.412. The third-order valence-electron chi connectivity index (χ3n) is 8.69. The van der Waals surface area contributed by atoms with Crippen molar-refractivity contribution in [1.29, 1.82) is 0 Å². The SMILES string of the molecule is C=c1c(CC)c/c(=C(\c2ccc(S)cc2S)c2cc3c4c(c2C)CCCN4CCC3)c(C)c1CCCC. The predicted molar refractivity (Wildman–Crippen MR) is 167 cm³/mol. The molecule has 3 aromatic rings. The number of thiol groups is 2. The number of benzene rings is 3. The Bertz CT molecular complexity index is 1460. The van der Waals surface area contributed by atoms with Gasteiger partial charge in [-0.05, 0) is 138 Å². The van der Waals surface area contributed by atoms with Gasteiger partial charge in [-0.3, -0.25) is 0 Å². The van der Waals surface area contributed by atoms with Gasteiger partial charge < -0.3 is 4.90 Å². The zero-order valence-corrected chi connectivity index (χ0v) is 24.8. The summed E-state index contributed by atoms with van der Waals surface area (Å²) in [5.74, 6) is 0. The Balaban J connectivity index is 1.92. The van der Waals surface area contributed by atoms with Crippen molar-refractivity contribution < 1.29 is 0 Å². The zero-order valence-electron chi connectivity index (χ0n) is 23.0. The predicted octanol–water partition coefficient (Wildman–Crippen LogP) is 7.14. The Morgan fingerprint density at radius 1 is 0.946 bits per heavy atom. The molecule has 37 heavy (non-hydrogen) atoms. The smallest absolute Gasteiger partial charge is 0.0434 e. The summed E-state index contributed by atoms with van der Waals surface area (Å²) in [5, 5.41) is 2.58. The van der Waals surface area contributed by atoms with E-state index in [0.29, 0.717) is 0 Å². The maximum absolute atomic E-state index is 5.01. The molecule has 0 aromatic heterocycles. The molecule has 0 saturated carbocycles. The molecule has 1 nitrogen and oxygen atoms in total. The van der Waals surface area contributed by atoms with E-state index in [0.717, 1.165) is 22.6 Å². The van der Waals surface area contributed by atoms with E-state index in [9.17, 15) is 0 Å². The summed E-state index contributed by atoms with van der Waals surface area (Å²) in [4.78, 5) is 4.58. The fourth-order valence-electron chi connectivity index (χ4n) is 6.66. The first-order chi connectivity index (χ1) is 17.8. The first-order valence-electron chi connectivity index (χ1n) is 14.1. The van der Waals surface area contributed by atoms with Gasteiger partial charge in [0.15, 0.2) is 0 Å². The number of unbranched alkanes of at least 4 members (excludes halogenated alkanes) is 1. The summed E-state index contributed by atoms with van der Waals surface area (Å²) < 4.78 is 0. The highest BCUT2D eigenvalue weighted by Crippen LogP contribution is 2.41. The van der Waals surface area contributed by atoms with Gasteiger partial charge in [0.2, 0.25) is 0 Å². The number of hydrogen-bond acceptors (Lipinski definition) is 3. The minimum atomic E-state index is 0.948. The van der Waals surface area contributed by atoms with E-state index in [-0.39, 0.29) is 0 Å². The monoisotopic (exact) mass is 527 g/mol. The zero-order chi connectivity index (χ0) is 26.3. The quantitative estimate of drug-likeness (QED) is 0.322. The van der Waals surface area contributed by atoms with Crippen LogP contribution in [0, 0.1) is 13.8 Å². The number of rotatable bonds is 6. The van der Waals surface area contributed by atoms with Gasteiger partial charge in [-0.2, -0.15) is 0 Å². The van der Waals surface area contributed by atoms with Crippen LogP contribution in [0.1, 0.15) is 84.0 Å². The van der Waals surface area contributed by atoms with E-state index >= 15 is 0 Å². The van der Waals surface area contributed by atoms with Crippen LogP contribution in [0.25, 0.3) is 12.2 Å². The van der Waals surface area contributed by atoms with Crippen LogP contribution in [-0.4, -0.2) is 13.1 Å². The molecule has 2 heterocycles. The molecule has 5 rings (SSSR count). The Labute approximate surface area is 234 Å². The van der Waals surface area contributed by atoms with Gasteiger partial charge in [0.1, 0.15) is 0 Å². The standard InChI is InChI=1S/C34H41NS2/c1-6-8-12-27-21(3)24(7-2)18-30(22(27)4)33(29-15-14-26(36)20-32(29)37)31-19-25-11-9-16-35-17-10-13-28(23(31)5)34(25)35/h14-15,18-20,36-37H,3,6-13,16-17H2,1-2,4-5H3/b33-30-. The minimum Gasteiger partial charge on any atom is -0.371 e. The molecular weight excluding hydrogens is 487 g/mol. The van der Waals surface area contributed by atoms with Crippen LogP contribution in [0.5, 0.6) is 0 Å². The van der Waals surface area contributed by atoms with Gasteiger partial charge in [-0.1, -0.05) is 39.0 Å². The molecule has 0 bridgehead atoms. The summed E-state index contributed by atoms with van der Waals surface area (Å²) in [5.41, 5.74) is 14.1. The first-order valence-corrected chi connectivity index (χ1v) is 15.0. The van der Waals surface area contributed by atoms with E-state index < -0.39 is 0 Å². The Kier molecular flexibility index (Phi) is 7.84. The lowest BCUT2D eigenvalue weighted by Crippen LogP contribution is -2.35. The van der Waals surface area contributed by atoms with Crippen LogP contribution in [0.3, 0.4) is 0 Å². The number of anilines is 1. The molecule has 3 aromatic carbocycles. The summed E-state index contributed by atoms with van der Waals surface area (Å²) in [6, 6.07) is 11.4. The normalized spacial score (nSPS) is 15.6. The molecule has 0 atom stereocenters. The highest BCUT2D eigenvalue weighted by molar-refractivity contribution is 7.81. The number of aryl methyl sites for hydroxylation is 2. The van der Waals surface area contributed by atoms with E-state index in [2.05, 4.69) is 82.1 Å². The van der Waals surface area contributed by atoms with E-state index in [4.69, 9.17) is 12.6 Å². The molecule has 194 valence electrons. The van der Waals surface area contributed by atoms with Gasteiger partial charge >= 0.3 is 0 Å². The Morgan fingerprint density at radius 2 is 1.70 bits per heavy atom. The van der Waals surface area contributed by atoms with Crippen molar-refractivity contribution in [3.05, 3.63) is 85.3 Å². The van der Waals surface area contributed by atoms with Crippen molar-refractivity contribution in [3.8, 4) is 0 Å². The second-order valence-corrected chi connectivity index (χ2v) is 11.9. The summed E-state index contributed by atoms with van der Waals surface area (Å²) in [6.07, 6.45) is 9.29. The lowest BCUT2D eigenvalue weighted by atomic mass is 9.81. The maximum atomic E-state index is 5.01. The molecule has 0 unspecified atom stereocenters. The van der Waals surface area contributed by atoms with Gasteiger partial charge in [0.25, 0.3) is 0 Å². The van der Waals surface area contributed by atoms with Crippen molar-refractivity contribution in [2.45, 2.75) is 88.9 Å². The molecule has 0 aliphatic carbocycles. The highest BCUT2D eigenvalue weighted by atomic mass is 32.1. The van der Waals surface area contributed by atoms with Crippen molar-refractivity contribution in [3.63, 3.8) is 0 Å². The van der Waals surface area contributed by atoms with Gasteiger partial charge in [-0.15, -0.1) is 25.3 Å². The molecule has 0 amide bonds. The van der Waals surface area contributed by atoms with Gasteiger partial charge in [0, 0.05) is 28.6 Å². The molecule has 2 aliphatic heterocycles. The molecule has 0 radical (unpaired) electrons. The second kappa shape index (κ2) is 10.9. The average Bonchev–Trinajstić information content (AvgIpc) is 2.89. The second-order valence-electron chi connectivity index (χ2n) is 10.9. The van der Waals surface area contributed by atoms with Crippen LogP contribution in [0.15, 0.2) is 40.1 Å². The van der Waals surface area contributed by atoms with Crippen molar-refractivity contribution in [1.82, 2.24) is 0 Å². The van der Waals surface area contributed by atoms with Crippen LogP contribution >= 0.6 is 25.3 Å². The van der Waals surface area contributed by atoms with Crippen molar-refractivity contribution in [2.24, 2.45) is 0 Å². The van der Waals surface area contributed by atoms with Crippen molar-refractivity contribution in [2.75, 3.05) is 18.0 Å². The molecular formula is C34H41NS2. The Morgan fingerprint density at radius 3 is 2.41 bits per heavy atom. The van der Waals surface area contributed by atoms with E-state index in [1.807, 2.05) is 0 Å². The molecule has 2 aliphatic rings. The average molecular weight is 528 g/mol. The minimum absolute atomic E-state index is 0.948. The molecule has 0 fully saturated rings. The highest BCUT2D eigenvalue weighted by Gasteiger charge is 2.28. The summed E-state index contributed by atoms with van der Waals surface area (Å²) in [7, 11) is 0. The third-order valence-corrected chi connectivity index (χ3v) is 9.34.